The molecule has 0 atom stereocenters. The predicted octanol–water partition coefficient (Wildman–Crippen LogP) is 1.45. The fourth-order valence-electron chi connectivity index (χ4n) is 2.14. The SMILES string of the molecule is Nc1ccc2[nH]c3cnc(C(=O)OCCO)cc3c2c1. The predicted molar refractivity (Wildman–Crippen MR) is 75.4 cm³/mol. The lowest BCUT2D eigenvalue weighted by molar-refractivity contribution is 0.0427. The van der Waals surface area contributed by atoms with Crippen molar-refractivity contribution in [2.45, 2.75) is 0 Å². The van der Waals surface area contributed by atoms with E-state index in [2.05, 4.69) is 9.97 Å². The summed E-state index contributed by atoms with van der Waals surface area (Å²) in [6.07, 6.45) is 1.58. The zero-order chi connectivity index (χ0) is 14.1. The molecule has 3 rings (SSSR count). The van der Waals surface area contributed by atoms with Crippen LogP contribution >= 0.6 is 0 Å². The van der Waals surface area contributed by atoms with Gasteiger partial charge in [0.1, 0.15) is 12.3 Å². The summed E-state index contributed by atoms with van der Waals surface area (Å²) in [7, 11) is 0. The number of H-pyrrole nitrogens is 1. The molecule has 102 valence electrons. The quantitative estimate of drug-likeness (QED) is 0.494. The Balaban J connectivity index is 2.11. The molecule has 0 saturated heterocycles. The first kappa shape index (κ1) is 12.4. The Hall–Kier alpha value is -2.60. The van der Waals surface area contributed by atoms with Crippen LogP contribution in [-0.4, -0.2) is 34.3 Å². The second kappa shape index (κ2) is 4.82. The number of nitrogen functional groups attached to an aromatic ring is 1. The standard InChI is InChI=1S/C14H13N3O3/c15-8-1-2-11-9(5-8)10-6-12(14(19)20-4-3-18)16-7-13(10)17-11/h1-2,5-7,17-18H,3-4,15H2. The molecule has 3 aromatic rings. The summed E-state index contributed by atoms with van der Waals surface area (Å²) >= 11 is 0. The molecule has 0 unspecified atom stereocenters. The Morgan fingerprint density at radius 3 is 2.90 bits per heavy atom. The van der Waals surface area contributed by atoms with E-state index in [4.69, 9.17) is 15.6 Å². The fourth-order valence-corrected chi connectivity index (χ4v) is 2.14. The van der Waals surface area contributed by atoms with Crippen LogP contribution in [-0.2, 0) is 4.74 Å². The largest absolute Gasteiger partial charge is 0.459 e. The van der Waals surface area contributed by atoms with Crippen molar-refractivity contribution < 1.29 is 14.6 Å². The number of nitrogens with two attached hydrogens (primary N) is 1. The highest BCUT2D eigenvalue weighted by Gasteiger charge is 2.12. The molecule has 6 heteroatoms. The van der Waals surface area contributed by atoms with Crippen LogP contribution in [0.1, 0.15) is 10.5 Å². The van der Waals surface area contributed by atoms with Crippen molar-refractivity contribution in [3.8, 4) is 0 Å². The van der Waals surface area contributed by atoms with Gasteiger partial charge in [0.25, 0.3) is 0 Å². The number of hydrogen-bond donors (Lipinski definition) is 3. The van der Waals surface area contributed by atoms with Crippen molar-refractivity contribution in [1.29, 1.82) is 0 Å². The van der Waals surface area contributed by atoms with Crippen molar-refractivity contribution in [3.05, 3.63) is 36.2 Å². The third-order valence-corrected chi connectivity index (χ3v) is 3.04. The number of aliphatic hydroxyl groups excluding tert-OH is 1. The monoisotopic (exact) mass is 271 g/mol. The lowest BCUT2D eigenvalue weighted by Crippen LogP contribution is -2.10. The van der Waals surface area contributed by atoms with Gasteiger partial charge in [-0.1, -0.05) is 0 Å². The molecule has 0 saturated carbocycles. The number of carbonyl (C=O) groups excluding carboxylic acids is 1. The minimum atomic E-state index is -0.556. The molecule has 0 radical (unpaired) electrons. The summed E-state index contributed by atoms with van der Waals surface area (Å²) < 4.78 is 4.85. The van der Waals surface area contributed by atoms with Gasteiger partial charge in [0.05, 0.1) is 18.3 Å². The molecule has 4 N–H and O–H groups in total. The summed E-state index contributed by atoms with van der Waals surface area (Å²) in [5, 5.41) is 10.4. The van der Waals surface area contributed by atoms with E-state index in [0.29, 0.717) is 5.69 Å². The van der Waals surface area contributed by atoms with Crippen molar-refractivity contribution in [1.82, 2.24) is 9.97 Å². The number of nitrogens with zero attached hydrogens (tertiary/aromatic N) is 1. The Bertz CT molecular complexity index is 795. The van der Waals surface area contributed by atoms with Gasteiger partial charge in [0.2, 0.25) is 0 Å². The number of rotatable bonds is 3. The molecule has 0 fully saturated rings. The van der Waals surface area contributed by atoms with E-state index in [1.165, 1.54) is 0 Å². The van der Waals surface area contributed by atoms with Crippen LogP contribution in [0.2, 0.25) is 0 Å². The van der Waals surface area contributed by atoms with Crippen molar-refractivity contribution in [2.75, 3.05) is 18.9 Å². The van der Waals surface area contributed by atoms with Gasteiger partial charge in [-0.3, -0.25) is 0 Å². The maximum Gasteiger partial charge on any atom is 0.357 e. The Kier molecular flexibility index (Phi) is 3.00. The molecule has 2 aromatic heterocycles. The fraction of sp³-hybridized carbons (Fsp3) is 0.143. The van der Waals surface area contributed by atoms with Crippen LogP contribution in [0, 0.1) is 0 Å². The number of aromatic nitrogens is 2. The summed E-state index contributed by atoms with van der Waals surface area (Å²) in [5.41, 5.74) is 8.40. The maximum atomic E-state index is 11.7. The third kappa shape index (κ3) is 2.06. The van der Waals surface area contributed by atoms with Crippen LogP contribution in [0.25, 0.3) is 21.8 Å². The van der Waals surface area contributed by atoms with E-state index in [0.717, 1.165) is 21.8 Å². The number of pyridine rings is 1. The first-order valence-corrected chi connectivity index (χ1v) is 6.14. The van der Waals surface area contributed by atoms with E-state index in [1.807, 2.05) is 18.2 Å². The van der Waals surface area contributed by atoms with E-state index >= 15 is 0 Å². The Morgan fingerprint density at radius 1 is 1.30 bits per heavy atom. The van der Waals surface area contributed by atoms with Crippen molar-refractivity contribution in [2.24, 2.45) is 0 Å². The number of ether oxygens (including phenoxy) is 1. The number of aliphatic hydroxyl groups is 1. The number of carbonyl (C=O) groups is 1. The van der Waals surface area contributed by atoms with E-state index in [-0.39, 0.29) is 18.9 Å². The molecular weight excluding hydrogens is 258 g/mol. The summed E-state index contributed by atoms with van der Waals surface area (Å²) in [5.74, 6) is -0.556. The summed E-state index contributed by atoms with van der Waals surface area (Å²) in [6, 6.07) is 7.19. The normalized spacial score (nSPS) is 11.1. The first-order valence-electron chi connectivity index (χ1n) is 6.14. The number of esters is 1. The second-order valence-corrected chi connectivity index (χ2v) is 4.40. The molecule has 20 heavy (non-hydrogen) atoms. The van der Waals surface area contributed by atoms with Gasteiger partial charge in [-0.05, 0) is 24.3 Å². The lowest BCUT2D eigenvalue weighted by atomic mass is 10.1. The number of hydrogen-bond acceptors (Lipinski definition) is 5. The van der Waals surface area contributed by atoms with Gasteiger partial charge in [-0.15, -0.1) is 0 Å². The average molecular weight is 271 g/mol. The number of fused-ring (bicyclic) bond motifs is 3. The van der Waals surface area contributed by atoms with Gasteiger partial charge in [-0.2, -0.15) is 0 Å². The molecule has 6 nitrogen and oxygen atoms in total. The highest BCUT2D eigenvalue weighted by molar-refractivity contribution is 6.09. The van der Waals surface area contributed by atoms with Gasteiger partial charge < -0.3 is 20.6 Å². The average Bonchev–Trinajstić information content (AvgIpc) is 2.82. The Morgan fingerprint density at radius 2 is 2.10 bits per heavy atom. The maximum absolute atomic E-state index is 11.7. The molecular formula is C14H13N3O3. The van der Waals surface area contributed by atoms with Gasteiger partial charge in [-0.25, -0.2) is 9.78 Å². The zero-order valence-electron chi connectivity index (χ0n) is 10.6. The van der Waals surface area contributed by atoms with Crippen molar-refractivity contribution >= 4 is 33.5 Å². The van der Waals surface area contributed by atoms with Crippen molar-refractivity contribution in [3.63, 3.8) is 0 Å². The van der Waals surface area contributed by atoms with E-state index < -0.39 is 5.97 Å². The first-order chi connectivity index (χ1) is 9.69. The molecule has 0 spiro atoms. The molecule has 0 aliphatic carbocycles. The van der Waals surface area contributed by atoms with Crippen LogP contribution in [0.4, 0.5) is 5.69 Å². The topological polar surface area (TPSA) is 101 Å². The molecule has 0 bridgehead atoms. The molecule has 1 aromatic carbocycles. The van der Waals surface area contributed by atoms with Gasteiger partial charge >= 0.3 is 5.97 Å². The van der Waals surface area contributed by atoms with E-state index in [1.54, 1.807) is 12.3 Å². The summed E-state index contributed by atoms with van der Waals surface area (Å²) in [4.78, 5) is 19.0. The zero-order valence-corrected chi connectivity index (χ0v) is 10.6. The molecule has 0 aliphatic rings. The number of aromatic amines is 1. The van der Waals surface area contributed by atoms with Crippen LogP contribution in [0.3, 0.4) is 0 Å². The van der Waals surface area contributed by atoms with Crippen LogP contribution in [0.5, 0.6) is 0 Å². The minimum absolute atomic E-state index is 0.0423. The third-order valence-electron chi connectivity index (χ3n) is 3.04. The highest BCUT2D eigenvalue weighted by atomic mass is 16.5. The molecule has 0 amide bonds. The molecule has 0 aliphatic heterocycles. The van der Waals surface area contributed by atoms with Crippen LogP contribution < -0.4 is 5.73 Å². The number of anilines is 1. The lowest BCUT2D eigenvalue weighted by Gasteiger charge is -2.02. The second-order valence-electron chi connectivity index (χ2n) is 4.40. The smallest absolute Gasteiger partial charge is 0.357 e. The molecule has 2 heterocycles. The minimum Gasteiger partial charge on any atom is -0.459 e. The highest BCUT2D eigenvalue weighted by Crippen LogP contribution is 2.27. The Labute approximate surface area is 114 Å². The van der Waals surface area contributed by atoms with Gasteiger partial charge in [0, 0.05) is 22.0 Å². The van der Waals surface area contributed by atoms with E-state index in [9.17, 15) is 4.79 Å². The number of nitrogens with one attached hydrogen (secondary N) is 1. The van der Waals surface area contributed by atoms with Gasteiger partial charge in [0.15, 0.2) is 0 Å². The summed E-state index contributed by atoms with van der Waals surface area (Å²) in [6.45, 7) is -0.253. The van der Waals surface area contributed by atoms with Crippen LogP contribution in [0.15, 0.2) is 30.5 Å². The number of benzene rings is 1.